The fraction of sp³-hybridized carbons (Fsp3) is 0.533. The molecule has 0 saturated carbocycles. The van der Waals surface area contributed by atoms with Crippen LogP contribution in [0.15, 0.2) is 18.2 Å². The van der Waals surface area contributed by atoms with Crippen molar-refractivity contribution in [2.45, 2.75) is 32.3 Å². The average Bonchev–Trinajstić information content (AvgIpc) is 2.83. The van der Waals surface area contributed by atoms with Gasteiger partial charge in [0.2, 0.25) is 5.91 Å². The lowest BCUT2D eigenvalue weighted by molar-refractivity contribution is -0.121. The molecule has 0 aromatic heterocycles. The Morgan fingerprint density at radius 1 is 1.45 bits per heavy atom. The highest BCUT2D eigenvalue weighted by molar-refractivity contribution is 6.30. The second kappa shape index (κ2) is 7.50. The highest BCUT2D eigenvalue weighted by Gasteiger charge is 2.22. The first-order chi connectivity index (χ1) is 9.69. The lowest BCUT2D eigenvalue weighted by atomic mass is 10.1. The summed E-state index contributed by atoms with van der Waals surface area (Å²) in [6.45, 7) is 4.21. The molecule has 1 aliphatic rings. The van der Waals surface area contributed by atoms with Crippen LogP contribution in [0, 0.1) is 0 Å². The SMILES string of the molecule is CCCNC(=O)CCNCC1Cc2cc(Cl)ccc2O1. The molecular formula is C15H21ClN2O2. The van der Waals surface area contributed by atoms with Crippen LogP contribution in [-0.4, -0.2) is 31.6 Å². The van der Waals surface area contributed by atoms with Gasteiger partial charge in [-0.1, -0.05) is 18.5 Å². The summed E-state index contributed by atoms with van der Waals surface area (Å²) in [6.07, 6.45) is 2.47. The van der Waals surface area contributed by atoms with E-state index in [1.165, 1.54) is 0 Å². The number of fused-ring (bicyclic) bond motifs is 1. The van der Waals surface area contributed by atoms with Crippen LogP contribution in [0.5, 0.6) is 5.75 Å². The number of rotatable bonds is 7. The quantitative estimate of drug-likeness (QED) is 0.758. The van der Waals surface area contributed by atoms with Crippen molar-refractivity contribution < 1.29 is 9.53 Å². The zero-order valence-corrected chi connectivity index (χ0v) is 12.5. The Morgan fingerprint density at radius 2 is 2.30 bits per heavy atom. The second-order valence-corrected chi connectivity index (χ2v) is 5.44. The van der Waals surface area contributed by atoms with Crippen molar-refractivity contribution in [1.29, 1.82) is 0 Å². The van der Waals surface area contributed by atoms with Gasteiger partial charge in [0.15, 0.2) is 0 Å². The molecule has 5 heteroatoms. The molecule has 20 heavy (non-hydrogen) atoms. The Balaban J connectivity index is 1.64. The van der Waals surface area contributed by atoms with E-state index >= 15 is 0 Å². The summed E-state index contributed by atoms with van der Waals surface area (Å²) in [5.41, 5.74) is 1.16. The van der Waals surface area contributed by atoms with Gasteiger partial charge in [0.05, 0.1) is 0 Å². The predicted molar refractivity (Wildman–Crippen MR) is 80.4 cm³/mol. The van der Waals surface area contributed by atoms with Crippen molar-refractivity contribution in [3.63, 3.8) is 0 Å². The molecule has 1 aromatic rings. The van der Waals surface area contributed by atoms with Gasteiger partial charge in [-0.15, -0.1) is 0 Å². The molecule has 4 nitrogen and oxygen atoms in total. The molecule has 1 unspecified atom stereocenters. The first-order valence-corrected chi connectivity index (χ1v) is 7.49. The van der Waals surface area contributed by atoms with E-state index in [-0.39, 0.29) is 12.0 Å². The van der Waals surface area contributed by atoms with Crippen molar-refractivity contribution in [1.82, 2.24) is 10.6 Å². The molecule has 110 valence electrons. The van der Waals surface area contributed by atoms with Crippen LogP contribution >= 0.6 is 11.6 Å². The summed E-state index contributed by atoms with van der Waals surface area (Å²) >= 11 is 5.96. The summed E-state index contributed by atoms with van der Waals surface area (Å²) in [5.74, 6) is 1.02. The van der Waals surface area contributed by atoms with Gasteiger partial charge in [0.25, 0.3) is 0 Å². The molecule has 0 aliphatic carbocycles. The van der Waals surface area contributed by atoms with E-state index < -0.39 is 0 Å². The zero-order chi connectivity index (χ0) is 14.4. The fourth-order valence-electron chi connectivity index (χ4n) is 2.22. The summed E-state index contributed by atoms with van der Waals surface area (Å²) < 4.78 is 5.81. The largest absolute Gasteiger partial charge is 0.488 e. The lowest BCUT2D eigenvalue weighted by Gasteiger charge is -2.11. The van der Waals surface area contributed by atoms with Gasteiger partial charge in [-0.05, 0) is 30.2 Å². The molecule has 1 atom stereocenters. The van der Waals surface area contributed by atoms with Crippen molar-refractivity contribution >= 4 is 17.5 Å². The van der Waals surface area contributed by atoms with Crippen molar-refractivity contribution in [3.8, 4) is 5.75 Å². The minimum atomic E-state index is 0.0989. The van der Waals surface area contributed by atoms with E-state index in [2.05, 4.69) is 10.6 Å². The number of benzene rings is 1. The first kappa shape index (κ1) is 15.1. The monoisotopic (exact) mass is 296 g/mol. The number of carbonyl (C=O) groups is 1. The maximum Gasteiger partial charge on any atom is 0.221 e. The lowest BCUT2D eigenvalue weighted by Crippen LogP contribution is -2.33. The molecular weight excluding hydrogens is 276 g/mol. The molecule has 0 bridgehead atoms. The van der Waals surface area contributed by atoms with Crippen molar-refractivity contribution in [2.75, 3.05) is 19.6 Å². The Bertz CT molecular complexity index is 465. The highest BCUT2D eigenvalue weighted by atomic mass is 35.5. The molecule has 0 spiro atoms. The Kier molecular flexibility index (Phi) is 5.68. The van der Waals surface area contributed by atoms with E-state index in [0.717, 1.165) is 42.3 Å². The van der Waals surface area contributed by atoms with Gasteiger partial charge in [-0.3, -0.25) is 4.79 Å². The van der Waals surface area contributed by atoms with E-state index in [0.29, 0.717) is 13.0 Å². The smallest absolute Gasteiger partial charge is 0.221 e. The topological polar surface area (TPSA) is 50.4 Å². The van der Waals surface area contributed by atoms with Crippen LogP contribution in [0.25, 0.3) is 0 Å². The third-order valence-electron chi connectivity index (χ3n) is 3.24. The summed E-state index contributed by atoms with van der Waals surface area (Å²) in [7, 11) is 0. The molecule has 0 saturated heterocycles. The predicted octanol–water partition coefficient (Wildman–Crippen LogP) is 2.15. The maximum atomic E-state index is 11.4. The van der Waals surface area contributed by atoms with Gasteiger partial charge >= 0.3 is 0 Å². The number of ether oxygens (including phenoxy) is 1. The third kappa shape index (κ3) is 4.39. The minimum absolute atomic E-state index is 0.0989. The zero-order valence-electron chi connectivity index (χ0n) is 11.7. The Hall–Kier alpha value is -1.26. The molecule has 0 radical (unpaired) electrons. The van der Waals surface area contributed by atoms with Crippen LogP contribution in [0.3, 0.4) is 0 Å². The molecule has 2 N–H and O–H groups in total. The van der Waals surface area contributed by atoms with Gasteiger partial charge < -0.3 is 15.4 Å². The molecule has 0 fully saturated rings. The number of hydrogen-bond acceptors (Lipinski definition) is 3. The van der Waals surface area contributed by atoms with Gasteiger partial charge in [0.1, 0.15) is 11.9 Å². The molecule has 1 aromatic carbocycles. The van der Waals surface area contributed by atoms with Crippen LogP contribution in [0.4, 0.5) is 0 Å². The highest BCUT2D eigenvalue weighted by Crippen LogP contribution is 2.30. The van der Waals surface area contributed by atoms with Crippen LogP contribution in [0.2, 0.25) is 5.02 Å². The fourth-order valence-corrected chi connectivity index (χ4v) is 2.42. The normalized spacial score (nSPS) is 16.6. The van der Waals surface area contributed by atoms with Crippen LogP contribution < -0.4 is 15.4 Å². The molecule has 1 heterocycles. The Labute approximate surface area is 124 Å². The van der Waals surface area contributed by atoms with Gasteiger partial charge in [-0.25, -0.2) is 0 Å². The van der Waals surface area contributed by atoms with Crippen LogP contribution in [0.1, 0.15) is 25.3 Å². The standard InChI is InChI=1S/C15H21ClN2O2/c1-2-6-18-15(19)5-7-17-10-13-9-11-8-12(16)3-4-14(11)20-13/h3-4,8,13,17H,2,5-7,9-10H2,1H3,(H,18,19). The van der Waals surface area contributed by atoms with Crippen molar-refractivity contribution in [3.05, 3.63) is 28.8 Å². The summed E-state index contributed by atoms with van der Waals surface area (Å²) in [5, 5.41) is 6.87. The van der Waals surface area contributed by atoms with Gasteiger partial charge in [-0.2, -0.15) is 0 Å². The number of carbonyl (C=O) groups excluding carboxylic acids is 1. The first-order valence-electron chi connectivity index (χ1n) is 7.11. The minimum Gasteiger partial charge on any atom is -0.488 e. The summed E-state index contributed by atoms with van der Waals surface area (Å²) in [6, 6.07) is 5.71. The molecule has 1 amide bonds. The van der Waals surface area contributed by atoms with Crippen LogP contribution in [-0.2, 0) is 11.2 Å². The average molecular weight is 297 g/mol. The molecule has 1 aliphatic heterocycles. The van der Waals surface area contributed by atoms with Crippen molar-refractivity contribution in [2.24, 2.45) is 0 Å². The van der Waals surface area contributed by atoms with E-state index in [4.69, 9.17) is 16.3 Å². The Morgan fingerprint density at radius 3 is 3.10 bits per heavy atom. The number of halogens is 1. The van der Waals surface area contributed by atoms with E-state index in [9.17, 15) is 4.79 Å². The van der Waals surface area contributed by atoms with E-state index in [1.54, 1.807) is 0 Å². The second-order valence-electron chi connectivity index (χ2n) is 5.00. The van der Waals surface area contributed by atoms with Gasteiger partial charge in [0, 0.05) is 37.5 Å². The van der Waals surface area contributed by atoms with E-state index in [1.807, 2.05) is 25.1 Å². The molecule has 2 rings (SSSR count). The number of nitrogens with one attached hydrogen (secondary N) is 2. The maximum absolute atomic E-state index is 11.4. The number of amides is 1. The summed E-state index contributed by atoms with van der Waals surface area (Å²) in [4.78, 5) is 11.4. The third-order valence-corrected chi connectivity index (χ3v) is 3.47. The number of hydrogen-bond donors (Lipinski definition) is 2.